The molecule has 3 fully saturated rings. The molecule has 0 aromatic rings. The zero-order valence-corrected chi connectivity index (χ0v) is 18.1. The van der Waals surface area contributed by atoms with E-state index in [0.717, 1.165) is 31.3 Å². The van der Waals surface area contributed by atoms with Gasteiger partial charge in [0, 0.05) is 11.3 Å². The Balaban J connectivity index is 1.76. The Bertz CT molecular complexity index is 815. The molecule has 0 spiro atoms. The van der Waals surface area contributed by atoms with Crippen molar-refractivity contribution < 1.29 is 29.6 Å². The fraction of sp³-hybridized carbons (Fsp3) is 0.750. The summed E-state index contributed by atoms with van der Waals surface area (Å²) in [4.78, 5) is 24.9. The molecule has 0 bridgehead atoms. The number of fused-ring (bicyclic) bond motifs is 5. The molecular formula is C24H33O6. The van der Waals surface area contributed by atoms with Crippen LogP contribution in [-0.4, -0.2) is 34.9 Å². The molecule has 1 radical (unpaired) electrons. The summed E-state index contributed by atoms with van der Waals surface area (Å²) in [7, 11) is 0. The van der Waals surface area contributed by atoms with Crippen LogP contribution in [-0.2, 0) is 19.4 Å². The minimum absolute atomic E-state index is 0.0784. The van der Waals surface area contributed by atoms with Gasteiger partial charge in [0.1, 0.15) is 0 Å². The molecule has 7 atom stereocenters. The van der Waals surface area contributed by atoms with Crippen LogP contribution in [0.3, 0.4) is 0 Å². The molecule has 4 rings (SSSR count). The molecule has 3 unspecified atom stereocenters. The Morgan fingerprint density at radius 2 is 2.03 bits per heavy atom. The van der Waals surface area contributed by atoms with Crippen LogP contribution >= 0.6 is 0 Å². The molecule has 0 aromatic heterocycles. The van der Waals surface area contributed by atoms with E-state index >= 15 is 0 Å². The number of carboxylic acid groups (broad SMARTS) is 1. The summed E-state index contributed by atoms with van der Waals surface area (Å²) in [6.07, 6.45) is 7.70. The number of hydrogen-bond donors (Lipinski definition) is 2. The van der Waals surface area contributed by atoms with E-state index in [1.54, 1.807) is 12.2 Å². The molecule has 0 aromatic carbocycles. The summed E-state index contributed by atoms with van der Waals surface area (Å²) in [5.41, 5.74) is -0.799. The van der Waals surface area contributed by atoms with Crippen LogP contribution in [0.5, 0.6) is 0 Å². The first-order valence-corrected chi connectivity index (χ1v) is 11.2. The van der Waals surface area contributed by atoms with E-state index in [2.05, 4.69) is 6.92 Å². The summed E-state index contributed by atoms with van der Waals surface area (Å²) in [6.45, 7) is 5.34. The molecule has 3 saturated carbocycles. The van der Waals surface area contributed by atoms with Crippen LogP contribution in [0.4, 0.5) is 0 Å². The largest absolute Gasteiger partial charge is 0.481 e. The topological polar surface area (TPSA) is 104 Å². The van der Waals surface area contributed by atoms with Gasteiger partial charge in [0.15, 0.2) is 5.76 Å². The van der Waals surface area contributed by atoms with E-state index in [4.69, 9.17) is 4.74 Å². The van der Waals surface area contributed by atoms with Crippen molar-refractivity contribution >= 4 is 11.8 Å². The fourth-order valence-corrected chi connectivity index (χ4v) is 7.98. The number of allylic oxidation sites excluding steroid dienone is 3. The molecule has 4 aliphatic rings. The van der Waals surface area contributed by atoms with E-state index in [-0.39, 0.29) is 29.3 Å². The van der Waals surface area contributed by atoms with E-state index in [1.807, 2.05) is 13.8 Å². The summed E-state index contributed by atoms with van der Waals surface area (Å²) >= 11 is 0. The van der Waals surface area contributed by atoms with Gasteiger partial charge in [-0.25, -0.2) is 0 Å². The van der Waals surface area contributed by atoms with Gasteiger partial charge in [0.25, 0.3) is 0 Å². The van der Waals surface area contributed by atoms with Crippen molar-refractivity contribution in [2.45, 2.75) is 71.8 Å². The predicted octanol–water partition coefficient (Wildman–Crippen LogP) is 3.87. The summed E-state index contributed by atoms with van der Waals surface area (Å²) in [5.74, 6) is -0.633. The molecule has 0 saturated heterocycles. The number of hydrogen-bond acceptors (Lipinski definition) is 4. The van der Waals surface area contributed by atoms with E-state index in [0.29, 0.717) is 19.3 Å². The Morgan fingerprint density at radius 1 is 1.30 bits per heavy atom. The average Bonchev–Trinajstić information content (AvgIpc) is 2.96. The molecular weight excluding hydrogens is 384 g/mol. The van der Waals surface area contributed by atoms with Crippen LogP contribution < -0.4 is 0 Å². The third-order valence-corrected chi connectivity index (χ3v) is 9.23. The Hall–Kier alpha value is -1.66. The lowest BCUT2D eigenvalue weighted by Gasteiger charge is -2.60. The zero-order chi connectivity index (χ0) is 21.9. The van der Waals surface area contributed by atoms with Crippen LogP contribution in [0.15, 0.2) is 23.5 Å². The zero-order valence-electron chi connectivity index (χ0n) is 18.1. The number of carboxylic acids is 1. The molecule has 165 valence electrons. The highest BCUT2D eigenvalue weighted by Crippen LogP contribution is 2.70. The van der Waals surface area contributed by atoms with Crippen molar-refractivity contribution in [3.8, 4) is 0 Å². The third kappa shape index (κ3) is 2.69. The number of aliphatic hydroxyl groups is 1. The lowest BCUT2D eigenvalue weighted by atomic mass is 9.44. The monoisotopic (exact) mass is 417 g/mol. The summed E-state index contributed by atoms with van der Waals surface area (Å²) in [5, 5.41) is 32.7. The molecule has 2 N–H and O–H groups in total. The van der Waals surface area contributed by atoms with Crippen molar-refractivity contribution in [1.82, 2.24) is 0 Å². The van der Waals surface area contributed by atoms with Gasteiger partial charge in [-0.15, -0.1) is 0 Å². The van der Waals surface area contributed by atoms with Crippen molar-refractivity contribution in [2.75, 3.05) is 6.79 Å². The minimum atomic E-state index is -0.813. The lowest BCUT2D eigenvalue weighted by Crippen LogP contribution is -2.59. The van der Waals surface area contributed by atoms with Gasteiger partial charge >= 0.3 is 5.97 Å². The number of aliphatic carboxylic acids is 1. The number of aliphatic hydroxyl groups excluding tert-OH is 1. The van der Waals surface area contributed by atoms with Gasteiger partial charge in [0.05, 0.1) is 11.5 Å². The third-order valence-electron chi connectivity index (χ3n) is 9.23. The number of rotatable bonds is 5. The average molecular weight is 418 g/mol. The van der Waals surface area contributed by atoms with E-state index in [1.165, 1.54) is 0 Å². The Kier molecular flexibility index (Phi) is 5.17. The quantitative estimate of drug-likeness (QED) is 0.661. The number of carbonyl (C=O) groups is 2. The molecule has 0 aliphatic heterocycles. The van der Waals surface area contributed by atoms with Crippen molar-refractivity contribution in [1.29, 1.82) is 0 Å². The maximum atomic E-state index is 12.5. The van der Waals surface area contributed by atoms with Gasteiger partial charge in [-0.05, 0) is 67.9 Å². The van der Waals surface area contributed by atoms with E-state index < -0.39 is 35.1 Å². The SMILES string of the molecule is CCC[C@]1(C(=O)O)CCC2C3CCC4=CC(=O)C(OC[O])=C[C@]4(C)C3[C@@H](O)C[C@@]21C. The van der Waals surface area contributed by atoms with E-state index in [9.17, 15) is 24.9 Å². The van der Waals surface area contributed by atoms with Gasteiger partial charge in [-0.2, -0.15) is 5.11 Å². The first-order valence-electron chi connectivity index (χ1n) is 11.2. The minimum Gasteiger partial charge on any atom is -0.481 e. The second kappa shape index (κ2) is 7.20. The predicted molar refractivity (Wildman–Crippen MR) is 109 cm³/mol. The highest BCUT2D eigenvalue weighted by atomic mass is 16.6. The fourth-order valence-electron chi connectivity index (χ4n) is 7.98. The standard InChI is InChI=1S/C24H33O6/c1-4-8-24(21(28)29)9-7-16-15-6-5-14-10-17(26)19(30-13-25)12-22(14,2)20(15)18(27)11-23(16,24)3/h10,12,15-16,18,20,27H,4-9,11,13H2,1-3H3,(H,28,29)/t15?,16?,18-,20?,22-,23-,24+/m0/s1. The van der Waals surface area contributed by atoms with Crippen LogP contribution in [0.25, 0.3) is 0 Å². The molecule has 4 aliphatic carbocycles. The summed E-state index contributed by atoms with van der Waals surface area (Å²) < 4.78 is 5.08. The molecule has 6 heteroatoms. The summed E-state index contributed by atoms with van der Waals surface area (Å²) in [6, 6.07) is 0. The highest BCUT2D eigenvalue weighted by molar-refractivity contribution is 6.04. The van der Waals surface area contributed by atoms with Gasteiger partial charge in [0.2, 0.25) is 12.6 Å². The van der Waals surface area contributed by atoms with Crippen molar-refractivity contribution in [3.05, 3.63) is 23.5 Å². The molecule has 30 heavy (non-hydrogen) atoms. The highest BCUT2D eigenvalue weighted by Gasteiger charge is 2.68. The molecule has 0 amide bonds. The second-order valence-corrected chi connectivity index (χ2v) is 10.3. The number of ether oxygens (including phenoxy) is 1. The second-order valence-electron chi connectivity index (χ2n) is 10.3. The first kappa shape index (κ1) is 21.6. The van der Waals surface area contributed by atoms with Crippen LogP contribution in [0.2, 0.25) is 0 Å². The lowest BCUT2D eigenvalue weighted by molar-refractivity contribution is -0.173. The Morgan fingerprint density at radius 3 is 2.67 bits per heavy atom. The molecule has 6 nitrogen and oxygen atoms in total. The molecule has 0 heterocycles. The van der Waals surface area contributed by atoms with Gasteiger partial charge < -0.3 is 14.9 Å². The smallest absolute Gasteiger partial charge is 0.310 e. The van der Waals surface area contributed by atoms with Crippen LogP contribution in [0, 0.1) is 34.0 Å². The Labute approximate surface area is 178 Å². The van der Waals surface area contributed by atoms with Crippen molar-refractivity contribution in [2.24, 2.45) is 34.0 Å². The number of ketones is 1. The van der Waals surface area contributed by atoms with Crippen molar-refractivity contribution in [3.63, 3.8) is 0 Å². The maximum absolute atomic E-state index is 12.5. The maximum Gasteiger partial charge on any atom is 0.310 e. The normalized spacial score (nSPS) is 45.0. The van der Waals surface area contributed by atoms with Crippen LogP contribution in [0.1, 0.15) is 65.7 Å². The van der Waals surface area contributed by atoms with Gasteiger partial charge in [-0.3, -0.25) is 9.59 Å². The first-order chi connectivity index (χ1) is 14.1. The van der Waals surface area contributed by atoms with Gasteiger partial charge in [-0.1, -0.05) is 32.8 Å². The number of carbonyl (C=O) groups excluding carboxylic acids is 1.